The maximum absolute atomic E-state index is 13.8. The molecule has 2 heterocycles. The summed E-state index contributed by atoms with van der Waals surface area (Å²) in [7, 11) is 4.31. The first-order chi connectivity index (χ1) is 18.3. The number of carbonyl (C=O) groups is 2. The molecule has 0 radical (unpaired) electrons. The number of H-pyrrole nitrogens is 1. The molecule has 9 nitrogen and oxygen atoms in total. The summed E-state index contributed by atoms with van der Waals surface area (Å²) >= 11 is 1.34. The number of thioether (sulfide) groups is 1. The number of urea groups is 1. The second-order valence-electron chi connectivity index (χ2n) is 11.2. The molecule has 38 heavy (non-hydrogen) atoms. The van der Waals surface area contributed by atoms with Crippen LogP contribution in [0.4, 0.5) is 10.6 Å². The fraction of sp³-hybridized carbons (Fsp3) is 0.571. The Morgan fingerprint density at radius 3 is 2.53 bits per heavy atom. The molecule has 2 N–H and O–H groups in total. The standard InChI is InChI=1S/C28H37N7O2S/c1-33(2)28(21-10-5-4-6-11-21)14-12-27(13-15-28)19-34(26(37)35(27)17-20-8-7-9-20)18-23(36)30-24-22(16-29)25(38-3)32-31-24/h4-6,10-11,20H,7-9,12-15,17-19H2,1-3H3,(H2,30,31,32,36). The fourth-order valence-corrected chi connectivity index (χ4v) is 7.02. The predicted octanol–water partition coefficient (Wildman–Crippen LogP) is 4.25. The van der Waals surface area contributed by atoms with Crippen molar-refractivity contribution >= 4 is 29.5 Å². The molecular formula is C28H37N7O2S. The van der Waals surface area contributed by atoms with E-state index in [2.05, 4.69) is 75.8 Å². The van der Waals surface area contributed by atoms with Crippen molar-refractivity contribution in [2.75, 3.05) is 45.3 Å². The molecule has 2 aromatic rings. The first-order valence-corrected chi connectivity index (χ1v) is 14.7. The molecule has 202 valence electrons. The van der Waals surface area contributed by atoms with Gasteiger partial charge in [0.1, 0.15) is 29.0 Å². The Bertz CT molecular complexity index is 1210. The van der Waals surface area contributed by atoms with E-state index in [-0.39, 0.29) is 35.4 Å². The van der Waals surface area contributed by atoms with Gasteiger partial charge < -0.3 is 15.1 Å². The summed E-state index contributed by atoms with van der Waals surface area (Å²) in [6.45, 7) is 1.28. The SMILES string of the molecule is CSc1n[nH]c(NC(=O)CN2CC3(CCC(c4ccccc4)(N(C)C)CC3)N(CC3CCC3)C2=O)c1C#N. The Labute approximate surface area is 228 Å². The number of aromatic amines is 1. The third-order valence-electron chi connectivity index (χ3n) is 9.04. The van der Waals surface area contributed by atoms with Crippen LogP contribution >= 0.6 is 11.8 Å². The van der Waals surface area contributed by atoms with Crippen LogP contribution < -0.4 is 5.32 Å². The lowest BCUT2D eigenvalue weighted by molar-refractivity contribution is -0.116. The molecule has 2 aliphatic carbocycles. The number of rotatable bonds is 8. The van der Waals surface area contributed by atoms with Crippen molar-refractivity contribution in [2.24, 2.45) is 5.92 Å². The van der Waals surface area contributed by atoms with Gasteiger partial charge in [0.05, 0.1) is 5.54 Å². The van der Waals surface area contributed by atoms with Crippen molar-refractivity contribution in [3.63, 3.8) is 0 Å². The lowest BCUT2D eigenvalue weighted by Crippen LogP contribution is -2.56. The molecule has 1 spiro atoms. The van der Waals surface area contributed by atoms with E-state index in [4.69, 9.17) is 0 Å². The Kier molecular flexibility index (Phi) is 7.43. The topological polar surface area (TPSA) is 108 Å². The van der Waals surface area contributed by atoms with E-state index < -0.39 is 0 Å². The molecule has 1 aromatic heterocycles. The summed E-state index contributed by atoms with van der Waals surface area (Å²) in [6.07, 6.45) is 9.09. The van der Waals surface area contributed by atoms with Gasteiger partial charge in [-0.15, -0.1) is 11.8 Å². The Morgan fingerprint density at radius 2 is 1.95 bits per heavy atom. The van der Waals surface area contributed by atoms with E-state index in [1.54, 1.807) is 4.90 Å². The van der Waals surface area contributed by atoms with Crippen molar-refractivity contribution in [1.82, 2.24) is 24.9 Å². The van der Waals surface area contributed by atoms with Crippen molar-refractivity contribution in [3.8, 4) is 6.07 Å². The van der Waals surface area contributed by atoms with Crippen molar-refractivity contribution in [2.45, 2.75) is 61.0 Å². The smallest absolute Gasteiger partial charge is 0.317 e. The summed E-state index contributed by atoms with van der Waals surface area (Å²) in [4.78, 5) is 33.0. The van der Waals surface area contributed by atoms with Gasteiger partial charge in [0.15, 0.2) is 0 Å². The minimum atomic E-state index is -0.325. The van der Waals surface area contributed by atoms with Gasteiger partial charge in [-0.2, -0.15) is 10.4 Å². The van der Waals surface area contributed by atoms with E-state index in [0.717, 1.165) is 32.2 Å². The molecule has 1 saturated heterocycles. The van der Waals surface area contributed by atoms with Gasteiger partial charge in [-0.1, -0.05) is 36.8 Å². The summed E-state index contributed by atoms with van der Waals surface area (Å²) in [5.41, 5.74) is 1.31. The Morgan fingerprint density at radius 1 is 1.24 bits per heavy atom. The molecular weight excluding hydrogens is 498 g/mol. The van der Waals surface area contributed by atoms with Crippen LogP contribution in [0.25, 0.3) is 0 Å². The zero-order valence-electron chi connectivity index (χ0n) is 22.5. The van der Waals surface area contributed by atoms with Gasteiger partial charge >= 0.3 is 6.03 Å². The summed E-state index contributed by atoms with van der Waals surface area (Å²) in [5, 5.41) is 19.6. The van der Waals surface area contributed by atoms with Crippen molar-refractivity contribution < 1.29 is 9.59 Å². The van der Waals surface area contributed by atoms with Crippen molar-refractivity contribution in [3.05, 3.63) is 41.5 Å². The van der Waals surface area contributed by atoms with E-state index in [9.17, 15) is 14.9 Å². The van der Waals surface area contributed by atoms with Gasteiger partial charge in [-0.05, 0) is 70.4 Å². The van der Waals surface area contributed by atoms with Crippen LogP contribution in [0, 0.1) is 17.2 Å². The number of aromatic nitrogens is 2. The van der Waals surface area contributed by atoms with Crippen LogP contribution in [-0.4, -0.2) is 82.4 Å². The molecule has 5 rings (SSSR count). The maximum atomic E-state index is 13.8. The number of nitrogens with zero attached hydrogens (tertiary/aromatic N) is 5. The van der Waals surface area contributed by atoms with Crippen LogP contribution in [0.15, 0.2) is 35.4 Å². The average molecular weight is 536 g/mol. The van der Waals surface area contributed by atoms with E-state index in [0.29, 0.717) is 23.1 Å². The molecule has 0 atom stereocenters. The third kappa shape index (κ3) is 4.67. The zero-order valence-corrected chi connectivity index (χ0v) is 23.3. The highest BCUT2D eigenvalue weighted by Gasteiger charge is 2.55. The second-order valence-corrected chi connectivity index (χ2v) is 12.0. The van der Waals surface area contributed by atoms with E-state index in [1.807, 2.05) is 6.26 Å². The summed E-state index contributed by atoms with van der Waals surface area (Å²) in [6, 6.07) is 12.8. The van der Waals surface area contributed by atoms with Gasteiger partial charge in [-0.3, -0.25) is 14.8 Å². The molecule has 3 aliphatic rings. The lowest BCUT2D eigenvalue weighted by atomic mass is 9.68. The molecule has 3 fully saturated rings. The Balaban J connectivity index is 1.34. The van der Waals surface area contributed by atoms with Gasteiger partial charge in [-0.25, -0.2) is 4.79 Å². The van der Waals surface area contributed by atoms with E-state index in [1.165, 1.54) is 36.6 Å². The number of nitrogens with one attached hydrogen (secondary N) is 2. The normalized spacial score (nSPS) is 25.6. The number of amides is 3. The largest absolute Gasteiger partial charge is 0.321 e. The summed E-state index contributed by atoms with van der Waals surface area (Å²) < 4.78 is 0. The minimum absolute atomic E-state index is 0.0426. The van der Waals surface area contributed by atoms with Gasteiger partial charge in [0, 0.05) is 18.6 Å². The van der Waals surface area contributed by atoms with Crippen LogP contribution in [-0.2, 0) is 10.3 Å². The van der Waals surface area contributed by atoms with Crippen LogP contribution in [0.5, 0.6) is 0 Å². The molecule has 2 saturated carbocycles. The summed E-state index contributed by atoms with van der Waals surface area (Å²) in [5.74, 6) is 0.507. The average Bonchev–Trinajstić information content (AvgIpc) is 3.39. The third-order valence-corrected chi connectivity index (χ3v) is 9.72. The number of hydrogen-bond acceptors (Lipinski definition) is 6. The monoisotopic (exact) mass is 535 g/mol. The highest BCUT2D eigenvalue weighted by Crippen LogP contribution is 2.49. The number of hydrogen-bond donors (Lipinski definition) is 2. The predicted molar refractivity (Wildman–Crippen MR) is 148 cm³/mol. The van der Waals surface area contributed by atoms with E-state index >= 15 is 0 Å². The molecule has 0 unspecified atom stereocenters. The fourth-order valence-electron chi connectivity index (χ4n) is 6.53. The first-order valence-electron chi connectivity index (χ1n) is 13.4. The van der Waals surface area contributed by atoms with Crippen molar-refractivity contribution in [1.29, 1.82) is 5.26 Å². The van der Waals surface area contributed by atoms with Crippen LogP contribution in [0.1, 0.15) is 56.1 Å². The van der Waals surface area contributed by atoms with Crippen LogP contribution in [0.2, 0.25) is 0 Å². The number of anilines is 1. The second kappa shape index (κ2) is 10.6. The molecule has 1 aliphatic heterocycles. The Hall–Kier alpha value is -3.03. The first kappa shape index (κ1) is 26.6. The highest BCUT2D eigenvalue weighted by molar-refractivity contribution is 7.98. The lowest BCUT2D eigenvalue weighted by Gasteiger charge is -2.51. The highest BCUT2D eigenvalue weighted by atomic mass is 32.2. The molecule has 3 amide bonds. The molecule has 0 bridgehead atoms. The zero-order chi connectivity index (χ0) is 26.9. The molecule has 1 aromatic carbocycles. The van der Waals surface area contributed by atoms with Crippen LogP contribution in [0.3, 0.4) is 0 Å². The minimum Gasteiger partial charge on any atom is -0.317 e. The molecule has 10 heteroatoms. The number of nitriles is 1. The van der Waals surface area contributed by atoms with Gasteiger partial charge in [0.2, 0.25) is 5.91 Å². The quantitative estimate of drug-likeness (QED) is 0.489. The number of benzene rings is 1. The number of carbonyl (C=O) groups excluding carboxylic acids is 2. The maximum Gasteiger partial charge on any atom is 0.321 e. The van der Waals surface area contributed by atoms with Gasteiger partial charge in [0.25, 0.3) is 0 Å².